The highest BCUT2D eigenvalue weighted by Crippen LogP contribution is 2.51. The van der Waals surface area contributed by atoms with Crippen LogP contribution < -0.4 is 4.90 Å². The van der Waals surface area contributed by atoms with E-state index in [1.807, 2.05) is 0 Å². The first-order valence-corrected chi connectivity index (χ1v) is 14.2. The van der Waals surface area contributed by atoms with E-state index in [1.54, 1.807) is 34.5 Å². The molecular formula is C25H21F9N2O5S2. The molecule has 0 saturated carbocycles. The number of aliphatic hydroxyl groups is 1. The lowest BCUT2D eigenvalue weighted by molar-refractivity contribution is -0.376. The molecule has 2 aromatic carbocycles. The third-order valence-electron chi connectivity index (χ3n) is 6.23. The average Bonchev–Trinajstić information content (AvgIpc) is 3.48. The molecule has 1 aliphatic heterocycles. The van der Waals surface area contributed by atoms with Crippen LogP contribution in [0.25, 0.3) is 11.1 Å². The number of nitrogens with zero attached hydrogens (tertiary/aromatic N) is 2. The topological polar surface area (TPSA) is 98.1 Å². The molecule has 3 aromatic rings. The third-order valence-corrected chi connectivity index (χ3v) is 9.50. The summed E-state index contributed by atoms with van der Waals surface area (Å²) in [5.74, 6) is -2.76. The molecule has 0 atom stereocenters. The molecule has 18 heteroatoms. The van der Waals surface area contributed by atoms with Gasteiger partial charge in [0.1, 0.15) is 4.21 Å². The molecule has 2 heterocycles. The van der Waals surface area contributed by atoms with Crippen LogP contribution in [0.15, 0.2) is 70.3 Å². The number of hydrogen-bond acceptors (Lipinski definition) is 6. The first-order chi connectivity index (χ1) is 19.7. The van der Waals surface area contributed by atoms with Crippen molar-refractivity contribution in [2.45, 2.75) is 28.3 Å². The Kier molecular flexibility index (Phi) is 9.79. The zero-order valence-electron chi connectivity index (χ0n) is 21.4. The Morgan fingerprint density at radius 2 is 1.33 bits per heavy atom. The molecule has 1 aliphatic rings. The van der Waals surface area contributed by atoms with Crippen molar-refractivity contribution in [3.8, 4) is 11.1 Å². The fraction of sp³-hybridized carbons (Fsp3) is 0.320. The second kappa shape index (κ2) is 12.3. The number of anilines is 1. The number of carboxylic acids is 1. The maximum absolute atomic E-state index is 13.5. The van der Waals surface area contributed by atoms with Crippen molar-refractivity contribution in [2.24, 2.45) is 0 Å². The van der Waals surface area contributed by atoms with Crippen LogP contribution in [0.3, 0.4) is 0 Å². The van der Waals surface area contributed by atoms with Gasteiger partial charge in [-0.3, -0.25) is 0 Å². The molecule has 7 nitrogen and oxygen atoms in total. The van der Waals surface area contributed by atoms with Gasteiger partial charge < -0.3 is 15.1 Å². The maximum atomic E-state index is 13.5. The summed E-state index contributed by atoms with van der Waals surface area (Å²) in [5.41, 5.74) is -5.70. The normalized spacial score (nSPS) is 15.5. The Hall–Kier alpha value is -3.35. The largest absolute Gasteiger partial charge is 0.490 e. The number of alkyl halides is 9. The summed E-state index contributed by atoms with van der Waals surface area (Å²) in [5, 5.41) is 18.7. The molecule has 0 radical (unpaired) electrons. The molecule has 1 aromatic heterocycles. The summed E-state index contributed by atoms with van der Waals surface area (Å²) in [6, 6.07) is 13.4. The first kappa shape index (κ1) is 34.1. The Morgan fingerprint density at radius 1 is 0.791 bits per heavy atom. The third kappa shape index (κ3) is 7.25. The molecule has 4 rings (SSSR count). The van der Waals surface area contributed by atoms with Gasteiger partial charge in [-0.2, -0.15) is 43.8 Å². The van der Waals surface area contributed by atoms with Gasteiger partial charge >= 0.3 is 24.5 Å². The number of halogens is 9. The molecule has 0 amide bonds. The Labute approximate surface area is 242 Å². The summed E-state index contributed by atoms with van der Waals surface area (Å²) >= 11 is 1.08. The molecule has 0 spiro atoms. The Morgan fingerprint density at radius 3 is 1.77 bits per heavy atom. The van der Waals surface area contributed by atoms with Crippen LogP contribution >= 0.6 is 11.3 Å². The van der Waals surface area contributed by atoms with Crippen LogP contribution in [0.4, 0.5) is 45.2 Å². The molecule has 1 fully saturated rings. The van der Waals surface area contributed by atoms with Crippen LogP contribution in [0, 0.1) is 0 Å². The first-order valence-electron chi connectivity index (χ1n) is 11.9. The molecular weight excluding hydrogens is 643 g/mol. The van der Waals surface area contributed by atoms with E-state index in [0.29, 0.717) is 23.4 Å². The van der Waals surface area contributed by atoms with E-state index in [-0.39, 0.29) is 36.0 Å². The van der Waals surface area contributed by atoms with Crippen molar-refractivity contribution >= 4 is 33.0 Å². The van der Waals surface area contributed by atoms with E-state index >= 15 is 0 Å². The smallest absolute Gasteiger partial charge is 0.475 e. The van der Waals surface area contributed by atoms with Gasteiger partial charge in [-0.15, -0.1) is 11.3 Å². The second-order valence-electron chi connectivity index (χ2n) is 8.93. The molecule has 1 saturated heterocycles. The summed E-state index contributed by atoms with van der Waals surface area (Å²) in [6.07, 6.45) is -17.1. The van der Waals surface area contributed by atoms with Crippen molar-refractivity contribution in [1.82, 2.24) is 4.31 Å². The van der Waals surface area contributed by atoms with Crippen molar-refractivity contribution < 1.29 is 62.9 Å². The van der Waals surface area contributed by atoms with Crippen molar-refractivity contribution in [3.63, 3.8) is 0 Å². The number of benzene rings is 2. The summed E-state index contributed by atoms with van der Waals surface area (Å²) in [6.45, 7) is 0.468. The zero-order valence-corrected chi connectivity index (χ0v) is 23.0. The highest BCUT2D eigenvalue weighted by atomic mass is 32.2. The lowest BCUT2D eigenvalue weighted by atomic mass is 9.88. The SMILES string of the molecule is O=C(O)C(F)(F)F.O=S(=O)(c1cccs1)N1CCN(c2ccc(C(O)(C(F)(F)F)C(F)(F)F)cc2-c2ccccc2)CC1. The maximum Gasteiger partial charge on any atom is 0.490 e. The van der Waals surface area contributed by atoms with Gasteiger partial charge in [0.25, 0.3) is 15.6 Å². The fourth-order valence-electron chi connectivity index (χ4n) is 4.08. The number of hydrogen-bond donors (Lipinski definition) is 2. The highest BCUT2D eigenvalue weighted by molar-refractivity contribution is 7.91. The minimum Gasteiger partial charge on any atom is -0.475 e. The van der Waals surface area contributed by atoms with E-state index in [1.165, 1.54) is 22.5 Å². The lowest BCUT2D eigenvalue weighted by Crippen LogP contribution is -2.54. The fourth-order valence-corrected chi connectivity index (χ4v) is 6.65. The van der Waals surface area contributed by atoms with Crippen LogP contribution in [-0.2, 0) is 20.4 Å². The molecule has 236 valence electrons. The van der Waals surface area contributed by atoms with Gasteiger partial charge in [-0.25, -0.2) is 13.2 Å². The van der Waals surface area contributed by atoms with Crippen LogP contribution in [0.2, 0.25) is 0 Å². The van der Waals surface area contributed by atoms with Crippen molar-refractivity contribution in [2.75, 3.05) is 31.1 Å². The second-order valence-corrected chi connectivity index (χ2v) is 12.0. The predicted molar refractivity (Wildman–Crippen MR) is 137 cm³/mol. The van der Waals surface area contributed by atoms with Gasteiger partial charge in [-0.1, -0.05) is 42.5 Å². The number of piperazine rings is 1. The van der Waals surface area contributed by atoms with E-state index in [2.05, 4.69) is 0 Å². The van der Waals surface area contributed by atoms with Gasteiger partial charge in [-0.05, 0) is 29.1 Å². The zero-order chi connectivity index (χ0) is 32.4. The monoisotopic (exact) mass is 664 g/mol. The minimum atomic E-state index is -6.01. The summed E-state index contributed by atoms with van der Waals surface area (Å²) in [4.78, 5) is 10.6. The van der Waals surface area contributed by atoms with E-state index in [0.717, 1.165) is 17.4 Å². The van der Waals surface area contributed by atoms with Gasteiger partial charge in [0, 0.05) is 43.0 Å². The number of carbonyl (C=O) groups is 1. The number of aliphatic carboxylic acids is 1. The minimum absolute atomic E-state index is 0.0505. The number of sulfonamides is 1. The van der Waals surface area contributed by atoms with Gasteiger partial charge in [0.2, 0.25) is 0 Å². The van der Waals surface area contributed by atoms with E-state index in [4.69, 9.17) is 9.90 Å². The van der Waals surface area contributed by atoms with Gasteiger partial charge in [0.15, 0.2) is 0 Å². The van der Waals surface area contributed by atoms with Crippen molar-refractivity contribution in [1.29, 1.82) is 0 Å². The van der Waals surface area contributed by atoms with Crippen LogP contribution in [0.5, 0.6) is 0 Å². The lowest BCUT2D eigenvalue weighted by Gasteiger charge is -2.37. The standard InChI is InChI=1S/C23H20F6N2O3S2.C2HF3O2/c24-22(25,26)21(32,23(27,28)29)17-8-9-19(18(15-17)16-5-2-1-3-6-16)30-10-12-31(13-11-30)36(33,34)20-7-4-14-35-20;3-2(4,5)1(6)7/h1-9,14-15,32H,10-13H2;(H,6,7). The van der Waals surface area contributed by atoms with E-state index < -0.39 is 45.7 Å². The summed E-state index contributed by atoms with van der Waals surface area (Å²) < 4.78 is 140. The van der Waals surface area contributed by atoms with Gasteiger partial charge in [0.05, 0.1) is 0 Å². The molecule has 0 unspecified atom stereocenters. The Balaban J connectivity index is 0.000000646. The van der Waals surface area contributed by atoms with Crippen LogP contribution in [0.1, 0.15) is 5.56 Å². The number of rotatable bonds is 5. The summed E-state index contributed by atoms with van der Waals surface area (Å²) in [7, 11) is -3.70. The molecule has 43 heavy (non-hydrogen) atoms. The number of thiophene rings is 1. The quantitative estimate of drug-likeness (QED) is 0.332. The van der Waals surface area contributed by atoms with E-state index in [9.17, 15) is 53.0 Å². The average molecular weight is 665 g/mol. The van der Waals surface area contributed by atoms with Crippen LogP contribution in [-0.4, -0.2) is 73.6 Å². The predicted octanol–water partition coefficient (Wildman–Crippen LogP) is 5.87. The molecule has 0 aliphatic carbocycles. The van der Waals surface area contributed by atoms with Crippen molar-refractivity contribution in [3.05, 3.63) is 71.6 Å². The Bertz CT molecular complexity index is 1490. The molecule has 0 bridgehead atoms. The highest BCUT2D eigenvalue weighted by Gasteiger charge is 2.71. The number of carboxylic acid groups (broad SMARTS) is 1. The molecule has 2 N–H and O–H groups in total.